The second-order valence-electron chi connectivity index (χ2n) is 7.55. The Labute approximate surface area is 177 Å². The average molecular weight is 409 g/mol. The lowest BCUT2D eigenvalue weighted by molar-refractivity contribution is 0.318. The number of hydrogen-bond acceptors (Lipinski definition) is 5. The van der Waals surface area contributed by atoms with Crippen LogP contribution >= 0.6 is 0 Å². The molecule has 5 heteroatoms. The van der Waals surface area contributed by atoms with Crippen molar-refractivity contribution in [2.75, 3.05) is 0 Å². The van der Waals surface area contributed by atoms with Crippen molar-refractivity contribution in [3.05, 3.63) is 106 Å². The molecule has 0 spiro atoms. The molecule has 5 rings (SSSR count). The smallest absolute Gasteiger partial charge is 0.336 e. The summed E-state index contributed by atoms with van der Waals surface area (Å²) in [6.45, 7) is 3.87. The van der Waals surface area contributed by atoms with Crippen molar-refractivity contribution in [3.8, 4) is 11.1 Å². The molecule has 2 heterocycles. The van der Waals surface area contributed by atoms with Crippen LogP contribution in [-0.4, -0.2) is 10.9 Å². The molecular formula is C26H19NO4. The fraction of sp³-hybridized carbons (Fsp3) is 0.0769. The van der Waals surface area contributed by atoms with E-state index in [1.165, 1.54) is 6.07 Å². The van der Waals surface area contributed by atoms with Gasteiger partial charge in [-0.1, -0.05) is 65.3 Å². The first-order chi connectivity index (χ1) is 15.1. The van der Waals surface area contributed by atoms with Crippen molar-refractivity contribution in [2.24, 2.45) is 5.16 Å². The van der Waals surface area contributed by atoms with Gasteiger partial charge in [0.1, 0.15) is 11.2 Å². The van der Waals surface area contributed by atoms with Crippen molar-refractivity contribution in [3.63, 3.8) is 0 Å². The molecule has 0 radical (unpaired) electrons. The van der Waals surface area contributed by atoms with E-state index in [4.69, 9.17) is 8.83 Å². The summed E-state index contributed by atoms with van der Waals surface area (Å²) in [7, 11) is 0. The molecule has 0 aliphatic heterocycles. The average Bonchev–Trinajstić information content (AvgIpc) is 3.16. The molecular weight excluding hydrogens is 390 g/mol. The Morgan fingerprint density at radius 3 is 2.35 bits per heavy atom. The number of nitrogens with zero attached hydrogens (tertiary/aromatic N) is 1. The van der Waals surface area contributed by atoms with E-state index < -0.39 is 5.63 Å². The van der Waals surface area contributed by atoms with Crippen molar-refractivity contribution in [1.29, 1.82) is 0 Å². The van der Waals surface area contributed by atoms with Gasteiger partial charge in [0.15, 0.2) is 11.5 Å². The molecule has 0 fully saturated rings. The first-order valence-corrected chi connectivity index (χ1v) is 9.91. The highest BCUT2D eigenvalue weighted by Crippen LogP contribution is 2.40. The maximum atomic E-state index is 12.2. The van der Waals surface area contributed by atoms with Gasteiger partial charge in [0.25, 0.3) is 0 Å². The Balaban J connectivity index is 1.92. The quantitative estimate of drug-likeness (QED) is 0.170. The van der Waals surface area contributed by atoms with E-state index in [-0.39, 0.29) is 0 Å². The lowest BCUT2D eigenvalue weighted by Crippen LogP contribution is -2.04. The zero-order valence-corrected chi connectivity index (χ0v) is 17.0. The topological polar surface area (TPSA) is 75.9 Å². The van der Waals surface area contributed by atoms with Gasteiger partial charge in [-0.25, -0.2) is 4.79 Å². The van der Waals surface area contributed by atoms with Crippen molar-refractivity contribution in [2.45, 2.75) is 13.8 Å². The molecule has 152 valence electrons. The van der Waals surface area contributed by atoms with E-state index in [0.717, 1.165) is 22.1 Å². The first-order valence-electron chi connectivity index (χ1n) is 9.91. The number of benzene rings is 3. The van der Waals surface area contributed by atoms with E-state index in [2.05, 4.69) is 5.16 Å². The maximum absolute atomic E-state index is 12.2. The van der Waals surface area contributed by atoms with Crippen molar-refractivity contribution in [1.82, 2.24) is 0 Å². The van der Waals surface area contributed by atoms with Crippen LogP contribution in [0.3, 0.4) is 0 Å². The van der Waals surface area contributed by atoms with Crippen LogP contribution < -0.4 is 5.63 Å². The second-order valence-corrected chi connectivity index (χ2v) is 7.55. The molecule has 0 unspecified atom stereocenters. The zero-order chi connectivity index (χ0) is 21.5. The summed E-state index contributed by atoms with van der Waals surface area (Å²) in [6, 6.07) is 22.5. The van der Waals surface area contributed by atoms with Crippen LogP contribution in [0.25, 0.3) is 33.1 Å². The Kier molecular flexibility index (Phi) is 4.44. The van der Waals surface area contributed by atoms with Crippen molar-refractivity contribution < 1.29 is 14.0 Å². The SMILES string of the molecule is Cc1ccc(C(=NO)c2oc3ccc4c(C)cc(=O)oc4c3c2-c2ccccc2)cc1. The van der Waals surface area contributed by atoms with Gasteiger partial charge in [0.05, 0.1) is 5.39 Å². The normalized spacial score (nSPS) is 12.0. The molecule has 3 aromatic carbocycles. The van der Waals surface area contributed by atoms with E-state index in [1.807, 2.05) is 80.6 Å². The van der Waals surface area contributed by atoms with Crippen LogP contribution in [0.1, 0.15) is 22.5 Å². The minimum atomic E-state index is -0.422. The second kappa shape index (κ2) is 7.29. The van der Waals surface area contributed by atoms with E-state index in [9.17, 15) is 10.0 Å². The molecule has 5 aromatic rings. The fourth-order valence-electron chi connectivity index (χ4n) is 3.95. The number of fused-ring (bicyclic) bond motifs is 3. The molecule has 0 saturated carbocycles. The highest BCUT2D eigenvalue weighted by molar-refractivity contribution is 6.21. The third-order valence-electron chi connectivity index (χ3n) is 5.47. The number of hydrogen-bond donors (Lipinski definition) is 1. The largest absolute Gasteiger partial charge is 0.453 e. The lowest BCUT2D eigenvalue weighted by atomic mass is 9.96. The first kappa shape index (κ1) is 18.9. The van der Waals surface area contributed by atoms with Crippen LogP contribution in [0, 0.1) is 13.8 Å². The molecule has 5 nitrogen and oxygen atoms in total. The summed E-state index contributed by atoms with van der Waals surface area (Å²) in [5.41, 5.74) is 5.09. The molecule has 0 aliphatic rings. The molecule has 2 aromatic heterocycles. The minimum Gasteiger partial charge on any atom is -0.453 e. The Morgan fingerprint density at radius 1 is 0.903 bits per heavy atom. The predicted molar refractivity (Wildman–Crippen MR) is 121 cm³/mol. The van der Waals surface area contributed by atoms with Crippen molar-refractivity contribution >= 4 is 27.7 Å². The Bertz CT molecular complexity index is 1510. The molecule has 31 heavy (non-hydrogen) atoms. The van der Waals surface area contributed by atoms with E-state index in [1.54, 1.807) is 0 Å². The summed E-state index contributed by atoms with van der Waals surface area (Å²) in [6.07, 6.45) is 0. The van der Waals surface area contributed by atoms with E-state index in [0.29, 0.717) is 39.2 Å². The number of aryl methyl sites for hydroxylation is 2. The standard InChI is InChI=1S/C26H19NO4/c1-15-8-10-18(11-9-15)24(27-29)26-22(17-6-4-3-5-7-17)23-20(30-26)13-12-19-16(2)14-21(28)31-25(19)23/h3-14,29H,1-2H3. The van der Waals surface area contributed by atoms with Gasteiger partial charge in [-0.2, -0.15) is 0 Å². The highest BCUT2D eigenvalue weighted by Gasteiger charge is 2.25. The van der Waals surface area contributed by atoms with Gasteiger partial charge in [-0.05, 0) is 37.1 Å². The van der Waals surface area contributed by atoms with Gasteiger partial charge in [-0.15, -0.1) is 0 Å². The summed E-state index contributed by atoms with van der Waals surface area (Å²) < 4.78 is 11.9. The summed E-state index contributed by atoms with van der Waals surface area (Å²) in [4.78, 5) is 12.2. The van der Waals surface area contributed by atoms with Gasteiger partial charge in [0, 0.05) is 22.6 Å². The molecule has 0 atom stereocenters. The van der Waals surface area contributed by atoms with Gasteiger partial charge in [0.2, 0.25) is 0 Å². The number of oxime groups is 1. The highest BCUT2D eigenvalue weighted by atomic mass is 16.4. The van der Waals surface area contributed by atoms with Gasteiger partial charge < -0.3 is 14.0 Å². The summed E-state index contributed by atoms with van der Waals surface area (Å²) in [5.74, 6) is 0.407. The molecule has 1 N–H and O–H groups in total. The number of furan rings is 1. The van der Waals surface area contributed by atoms with E-state index >= 15 is 0 Å². The third-order valence-corrected chi connectivity index (χ3v) is 5.47. The van der Waals surface area contributed by atoms with Gasteiger partial charge >= 0.3 is 5.63 Å². The lowest BCUT2D eigenvalue weighted by Gasteiger charge is -2.07. The van der Waals surface area contributed by atoms with Crippen LogP contribution in [-0.2, 0) is 0 Å². The molecule has 0 saturated heterocycles. The monoisotopic (exact) mass is 409 g/mol. The molecule has 0 bridgehead atoms. The van der Waals surface area contributed by atoms with Crippen LogP contribution in [0.5, 0.6) is 0 Å². The van der Waals surface area contributed by atoms with Gasteiger partial charge in [-0.3, -0.25) is 0 Å². The molecule has 0 amide bonds. The zero-order valence-electron chi connectivity index (χ0n) is 17.0. The Hall–Kier alpha value is -4.12. The number of rotatable bonds is 3. The maximum Gasteiger partial charge on any atom is 0.336 e. The Morgan fingerprint density at radius 2 is 1.65 bits per heavy atom. The fourth-order valence-corrected chi connectivity index (χ4v) is 3.95. The van der Waals surface area contributed by atoms with Crippen LogP contribution in [0.4, 0.5) is 0 Å². The minimum absolute atomic E-state index is 0.304. The van der Waals surface area contributed by atoms with Crippen LogP contribution in [0.2, 0.25) is 0 Å². The third kappa shape index (κ3) is 3.11. The summed E-state index contributed by atoms with van der Waals surface area (Å²) >= 11 is 0. The molecule has 0 aliphatic carbocycles. The predicted octanol–water partition coefficient (Wildman–Crippen LogP) is 6.05. The van der Waals surface area contributed by atoms with Crippen LogP contribution in [0.15, 0.2) is 91.6 Å². The summed E-state index contributed by atoms with van der Waals surface area (Å²) in [5, 5.41) is 15.0.